The van der Waals surface area contributed by atoms with Gasteiger partial charge in [0.1, 0.15) is 0 Å². The van der Waals surface area contributed by atoms with E-state index in [0.29, 0.717) is 0 Å². The largest absolute Gasteiger partial charge is 0.313 e. The van der Waals surface area contributed by atoms with E-state index in [2.05, 4.69) is 49.1 Å². The third-order valence-corrected chi connectivity index (χ3v) is 5.12. The molecule has 0 saturated heterocycles. The number of rotatable bonds is 6. The lowest BCUT2D eigenvalue weighted by Gasteiger charge is -2.15. The smallest absolute Gasteiger partial charge is 0.0185 e. The van der Waals surface area contributed by atoms with Crippen LogP contribution in [0.1, 0.15) is 55.2 Å². The zero-order valence-corrected chi connectivity index (χ0v) is 13.9. The molecule has 1 nitrogen and oxygen atoms in total. The molecule has 1 aromatic carbocycles. The summed E-state index contributed by atoms with van der Waals surface area (Å²) in [4.78, 5) is 0. The Hall–Kier alpha value is -0.470. The van der Waals surface area contributed by atoms with Crippen molar-refractivity contribution in [2.45, 2.75) is 64.2 Å². The van der Waals surface area contributed by atoms with E-state index >= 15 is 0 Å². The summed E-state index contributed by atoms with van der Waals surface area (Å²) in [5.41, 5.74) is 4.25. The second-order valence-electron chi connectivity index (χ2n) is 6.19. The van der Waals surface area contributed by atoms with E-state index in [1.165, 1.54) is 67.5 Å². The number of hydrogen-bond acceptors (Lipinski definition) is 2. The lowest BCUT2D eigenvalue weighted by Crippen LogP contribution is -2.30. The van der Waals surface area contributed by atoms with Crippen LogP contribution in [0, 0.1) is 13.8 Å². The molecule has 112 valence electrons. The fourth-order valence-electron chi connectivity index (χ4n) is 3.16. The SMILES string of the molecule is Cc1cc(C)cc(CSCCNC2CCCCCC2)c1. The molecular formula is C18H29NS. The molecule has 1 fully saturated rings. The van der Waals surface area contributed by atoms with Crippen molar-refractivity contribution >= 4 is 11.8 Å². The van der Waals surface area contributed by atoms with Crippen molar-refractivity contribution in [3.63, 3.8) is 0 Å². The normalized spacial score (nSPS) is 17.1. The maximum Gasteiger partial charge on any atom is 0.0185 e. The highest BCUT2D eigenvalue weighted by atomic mass is 32.2. The first-order valence-electron chi connectivity index (χ1n) is 8.12. The van der Waals surface area contributed by atoms with Crippen molar-refractivity contribution in [3.05, 3.63) is 34.9 Å². The fourth-order valence-corrected chi connectivity index (χ4v) is 3.97. The van der Waals surface area contributed by atoms with Crippen LogP contribution in [0.25, 0.3) is 0 Å². The van der Waals surface area contributed by atoms with Crippen molar-refractivity contribution < 1.29 is 0 Å². The highest BCUT2D eigenvalue weighted by Crippen LogP contribution is 2.18. The van der Waals surface area contributed by atoms with Crippen LogP contribution >= 0.6 is 11.8 Å². The predicted octanol–water partition coefficient (Wildman–Crippen LogP) is 4.85. The molecular weight excluding hydrogens is 262 g/mol. The van der Waals surface area contributed by atoms with Gasteiger partial charge in [-0.05, 0) is 32.3 Å². The average Bonchev–Trinajstić information content (AvgIpc) is 2.66. The van der Waals surface area contributed by atoms with Gasteiger partial charge in [-0.25, -0.2) is 0 Å². The minimum absolute atomic E-state index is 0.791. The van der Waals surface area contributed by atoms with E-state index in [9.17, 15) is 0 Å². The zero-order valence-electron chi connectivity index (χ0n) is 13.1. The Morgan fingerprint density at radius 2 is 1.65 bits per heavy atom. The van der Waals surface area contributed by atoms with E-state index in [0.717, 1.165) is 11.8 Å². The first-order chi connectivity index (χ1) is 9.74. The summed E-state index contributed by atoms with van der Waals surface area (Å²) in [6.07, 6.45) is 8.52. The molecule has 0 radical (unpaired) electrons. The van der Waals surface area contributed by atoms with Gasteiger partial charge in [-0.3, -0.25) is 0 Å². The highest BCUT2D eigenvalue weighted by Gasteiger charge is 2.10. The monoisotopic (exact) mass is 291 g/mol. The Bertz CT molecular complexity index is 374. The van der Waals surface area contributed by atoms with E-state index in [-0.39, 0.29) is 0 Å². The predicted molar refractivity (Wildman–Crippen MR) is 91.6 cm³/mol. The van der Waals surface area contributed by atoms with Gasteiger partial charge in [0.05, 0.1) is 0 Å². The molecule has 0 unspecified atom stereocenters. The molecule has 1 saturated carbocycles. The molecule has 2 heteroatoms. The van der Waals surface area contributed by atoms with Crippen LogP contribution in [0.15, 0.2) is 18.2 Å². The summed E-state index contributed by atoms with van der Waals surface area (Å²) in [6.45, 7) is 5.55. The van der Waals surface area contributed by atoms with Gasteiger partial charge in [0.15, 0.2) is 0 Å². The number of thioether (sulfide) groups is 1. The van der Waals surface area contributed by atoms with Crippen molar-refractivity contribution in [1.29, 1.82) is 0 Å². The highest BCUT2D eigenvalue weighted by molar-refractivity contribution is 7.98. The quantitative estimate of drug-likeness (QED) is 0.594. The van der Waals surface area contributed by atoms with Crippen LogP contribution < -0.4 is 5.32 Å². The van der Waals surface area contributed by atoms with Gasteiger partial charge in [0.25, 0.3) is 0 Å². The molecule has 1 aliphatic carbocycles. The van der Waals surface area contributed by atoms with E-state index in [1.54, 1.807) is 0 Å². The summed E-state index contributed by atoms with van der Waals surface area (Å²) in [5.74, 6) is 2.37. The number of nitrogens with one attached hydrogen (secondary N) is 1. The maximum absolute atomic E-state index is 3.75. The Balaban J connectivity index is 1.61. The van der Waals surface area contributed by atoms with Crippen LogP contribution in [-0.4, -0.2) is 18.3 Å². The van der Waals surface area contributed by atoms with Gasteiger partial charge in [-0.15, -0.1) is 0 Å². The zero-order chi connectivity index (χ0) is 14.2. The topological polar surface area (TPSA) is 12.0 Å². The minimum atomic E-state index is 0.791. The molecule has 2 rings (SSSR count). The summed E-state index contributed by atoms with van der Waals surface area (Å²) < 4.78 is 0. The van der Waals surface area contributed by atoms with Crippen molar-refractivity contribution in [2.24, 2.45) is 0 Å². The Morgan fingerprint density at radius 3 is 2.30 bits per heavy atom. The first kappa shape index (κ1) is 15.9. The van der Waals surface area contributed by atoms with E-state index < -0.39 is 0 Å². The van der Waals surface area contributed by atoms with Crippen molar-refractivity contribution in [2.75, 3.05) is 12.3 Å². The summed E-state index contributed by atoms with van der Waals surface area (Å²) in [6, 6.07) is 7.68. The van der Waals surface area contributed by atoms with Crippen LogP contribution in [0.2, 0.25) is 0 Å². The molecule has 1 aliphatic rings. The maximum atomic E-state index is 3.75. The summed E-state index contributed by atoms with van der Waals surface area (Å²) >= 11 is 2.06. The fraction of sp³-hybridized carbons (Fsp3) is 0.667. The van der Waals surface area contributed by atoms with Gasteiger partial charge in [0.2, 0.25) is 0 Å². The van der Waals surface area contributed by atoms with Crippen LogP contribution in [0.4, 0.5) is 0 Å². The first-order valence-corrected chi connectivity index (χ1v) is 9.28. The number of hydrogen-bond donors (Lipinski definition) is 1. The molecule has 1 aromatic rings. The third-order valence-electron chi connectivity index (χ3n) is 4.08. The molecule has 1 N–H and O–H groups in total. The Labute approximate surface area is 128 Å². The second-order valence-corrected chi connectivity index (χ2v) is 7.30. The molecule has 0 amide bonds. The molecule has 0 spiro atoms. The number of benzene rings is 1. The van der Waals surface area contributed by atoms with Crippen LogP contribution in [0.5, 0.6) is 0 Å². The van der Waals surface area contributed by atoms with Crippen molar-refractivity contribution in [3.8, 4) is 0 Å². The number of aryl methyl sites for hydroxylation is 2. The van der Waals surface area contributed by atoms with Crippen LogP contribution in [0.3, 0.4) is 0 Å². The summed E-state index contributed by atoms with van der Waals surface area (Å²) in [5, 5.41) is 3.75. The van der Waals surface area contributed by atoms with Gasteiger partial charge in [-0.1, -0.05) is 55.0 Å². The molecule has 0 aromatic heterocycles. The van der Waals surface area contributed by atoms with E-state index in [1.807, 2.05) is 0 Å². The molecule has 0 heterocycles. The molecule has 0 aliphatic heterocycles. The standard InChI is InChI=1S/C18H29NS/c1-15-11-16(2)13-17(12-15)14-20-10-9-19-18-7-5-3-4-6-8-18/h11-13,18-19H,3-10,14H2,1-2H3. The average molecular weight is 292 g/mol. The van der Waals surface area contributed by atoms with Gasteiger partial charge < -0.3 is 5.32 Å². The lowest BCUT2D eigenvalue weighted by atomic mass is 10.1. The molecule has 0 atom stereocenters. The van der Waals surface area contributed by atoms with E-state index in [4.69, 9.17) is 0 Å². The van der Waals surface area contributed by atoms with Crippen molar-refractivity contribution in [1.82, 2.24) is 5.32 Å². The van der Waals surface area contributed by atoms with Gasteiger partial charge in [0, 0.05) is 24.1 Å². The summed E-state index contributed by atoms with van der Waals surface area (Å²) in [7, 11) is 0. The molecule has 0 bridgehead atoms. The van der Waals surface area contributed by atoms with Gasteiger partial charge >= 0.3 is 0 Å². The third kappa shape index (κ3) is 5.88. The Morgan fingerprint density at radius 1 is 1.00 bits per heavy atom. The minimum Gasteiger partial charge on any atom is -0.313 e. The lowest BCUT2D eigenvalue weighted by molar-refractivity contribution is 0.474. The van der Waals surface area contributed by atoms with Gasteiger partial charge in [-0.2, -0.15) is 11.8 Å². The molecule has 20 heavy (non-hydrogen) atoms. The van der Waals surface area contributed by atoms with Crippen LogP contribution in [-0.2, 0) is 5.75 Å². The second kappa shape index (κ2) is 8.74. The Kier molecular flexibility index (Phi) is 6.95.